The van der Waals surface area contributed by atoms with Gasteiger partial charge in [-0.2, -0.15) is 0 Å². The van der Waals surface area contributed by atoms with E-state index in [9.17, 15) is 9.50 Å². The van der Waals surface area contributed by atoms with Gasteiger partial charge in [0.1, 0.15) is 16.3 Å². The van der Waals surface area contributed by atoms with Gasteiger partial charge in [-0.25, -0.2) is 4.39 Å². The highest BCUT2D eigenvalue weighted by Gasteiger charge is 2.30. The summed E-state index contributed by atoms with van der Waals surface area (Å²) < 4.78 is 12.5. The average Bonchev–Trinajstić information content (AvgIpc) is 2.04. The zero-order valence-electron chi connectivity index (χ0n) is 6.97. The maximum Gasteiger partial charge on any atom is 0.140 e. The standard InChI is InChI=1S/C9H9Cl2FO/c1-9(13,8(10)11)6-2-4-7(12)5-3-6/h2-5,8,13H,1H3/t9-/m1/s1. The summed E-state index contributed by atoms with van der Waals surface area (Å²) in [5.74, 6) is -0.361. The summed E-state index contributed by atoms with van der Waals surface area (Å²) >= 11 is 11.1. The fourth-order valence-electron chi connectivity index (χ4n) is 0.913. The Hall–Kier alpha value is -0.310. The zero-order valence-corrected chi connectivity index (χ0v) is 8.48. The number of aliphatic hydroxyl groups is 1. The molecule has 4 heteroatoms. The Morgan fingerprint density at radius 3 is 2.15 bits per heavy atom. The minimum absolute atomic E-state index is 0.361. The topological polar surface area (TPSA) is 20.2 Å². The van der Waals surface area contributed by atoms with Crippen LogP contribution in [0.5, 0.6) is 0 Å². The molecule has 72 valence electrons. The summed E-state index contributed by atoms with van der Waals surface area (Å²) in [6.45, 7) is 1.48. The predicted molar refractivity (Wildman–Crippen MR) is 51.5 cm³/mol. The van der Waals surface area contributed by atoms with Crippen molar-refractivity contribution in [1.29, 1.82) is 0 Å². The van der Waals surface area contributed by atoms with Crippen molar-refractivity contribution < 1.29 is 9.50 Å². The zero-order chi connectivity index (χ0) is 10.1. The molecule has 1 aromatic carbocycles. The second kappa shape index (κ2) is 3.82. The molecule has 1 aromatic rings. The first-order valence-electron chi connectivity index (χ1n) is 3.71. The number of benzene rings is 1. The number of halogens is 3. The normalized spacial score (nSPS) is 15.8. The van der Waals surface area contributed by atoms with E-state index in [0.29, 0.717) is 5.56 Å². The molecular formula is C9H9Cl2FO. The minimum atomic E-state index is -1.35. The Morgan fingerprint density at radius 1 is 1.31 bits per heavy atom. The first-order chi connectivity index (χ1) is 5.94. The van der Waals surface area contributed by atoms with Crippen LogP contribution in [0.3, 0.4) is 0 Å². The summed E-state index contributed by atoms with van der Waals surface area (Å²) in [6, 6.07) is 5.40. The van der Waals surface area contributed by atoms with Gasteiger partial charge in [0.25, 0.3) is 0 Å². The molecule has 0 radical (unpaired) electrons. The quantitative estimate of drug-likeness (QED) is 0.764. The van der Waals surface area contributed by atoms with Crippen LogP contribution < -0.4 is 0 Å². The van der Waals surface area contributed by atoms with E-state index in [1.807, 2.05) is 0 Å². The van der Waals surface area contributed by atoms with Crippen LogP contribution in [0.25, 0.3) is 0 Å². The van der Waals surface area contributed by atoms with E-state index in [-0.39, 0.29) is 5.82 Å². The predicted octanol–water partition coefficient (Wildman–Crippen LogP) is 2.84. The van der Waals surface area contributed by atoms with Crippen molar-refractivity contribution in [2.24, 2.45) is 0 Å². The van der Waals surface area contributed by atoms with Gasteiger partial charge in [0.2, 0.25) is 0 Å². The fraction of sp³-hybridized carbons (Fsp3) is 0.333. The lowest BCUT2D eigenvalue weighted by atomic mass is 9.98. The first kappa shape index (κ1) is 10.8. The molecular weight excluding hydrogens is 214 g/mol. The van der Waals surface area contributed by atoms with Crippen molar-refractivity contribution >= 4 is 23.2 Å². The molecule has 0 saturated heterocycles. The largest absolute Gasteiger partial charge is 0.383 e. The van der Waals surface area contributed by atoms with Gasteiger partial charge in [-0.15, -0.1) is 23.2 Å². The third kappa shape index (κ3) is 2.33. The van der Waals surface area contributed by atoms with E-state index in [1.165, 1.54) is 31.2 Å². The molecule has 1 atom stereocenters. The van der Waals surface area contributed by atoms with Crippen LogP contribution in [0.1, 0.15) is 12.5 Å². The van der Waals surface area contributed by atoms with Crippen LogP contribution in [0, 0.1) is 5.82 Å². The molecule has 13 heavy (non-hydrogen) atoms. The molecule has 0 aromatic heterocycles. The third-order valence-corrected chi connectivity index (χ3v) is 2.70. The van der Waals surface area contributed by atoms with Crippen molar-refractivity contribution in [3.8, 4) is 0 Å². The van der Waals surface area contributed by atoms with Crippen LogP contribution in [0.15, 0.2) is 24.3 Å². The maximum absolute atomic E-state index is 12.5. The monoisotopic (exact) mass is 222 g/mol. The molecule has 1 rings (SSSR count). The molecule has 0 aliphatic rings. The lowest BCUT2D eigenvalue weighted by molar-refractivity contribution is 0.0720. The van der Waals surface area contributed by atoms with E-state index in [4.69, 9.17) is 23.2 Å². The molecule has 0 unspecified atom stereocenters. The van der Waals surface area contributed by atoms with Crippen LogP contribution in [0.4, 0.5) is 4.39 Å². The number of hydrogen-bond donors (Lipinski definition) is 1. The summed E-state index contributed by atoms with van der Waals surface area (Å²) in [5, 5.41) is 9.77. The van der Waals surface area contributed by atoms with Crippen LogP contribution in [-0.2, 0) is 5.60 Å². The van der Waals surface area contributed by atoms with E-state index in [0.717, 1.165) is 0 Å². The Balaban J connectivity index is 3.01. The van der Waals surface area contributed by atoms with Crippen LogP contribution >= 0.6 is 23.2 Å². The van der Waals surface area contributed by atoms with Gasteiger partial charge < -0.3 is 5.11 Å². The van der Waals surface area contributed by atoms with Crippen molar-refractivity contribution in [1.82, 2.24) is 0 Å². The highest BCUT2D eigenvalue weighted by molar-refractivity contribution is 6.45. The molecule has 0 spiro atoms. The molecule has 1 nitrogen and oxygen atoms in total. The van der Waals surface area contributed by atoms with Gasteiger partial charge in [-0.1, -0.05) is 12.1 Å². The summed E-state index contributed by atoms with van der Waals surface area (Å²) in [4.78, 5) is -0.946. The molecule has 0 fully saturated rings. The minimum Gasteiger partial charge on any atom is -0.383 e. The van der Waals surface area contributed by atoms with Gasteiger partial charge in [0.15, 0.2) is 0 Å². The highest BCUT2D eigenvalue weighted by atomic mass is 35.5. The molecule has 0 bridgehead atoms. The van der Waals surface area contributed by atoms with Gasteiger partial charge in [0, 0.05) is 0 Å². The number of alkyl halides is 2. The van der Waals surface area contributed by atoms with Crippen LogP contribution in [-0.4, -0.2) is 9.94 Å². The lowest BCUT2D eigenvalue weighted by Gasteiger charge is -2.24. The Bertz CT molecular complexity index is 282. The molecule has 0 aliphatic heterocycles. The van der Waals surface area contributed by atoms with Gasteiger partial charge in [-0.05, 0) is 24.6 Å². The smallest absolute Gasteiger partial charge is 0.140 e. The molecule has 0 saturated carbocycles. The van der Waals surface area contributed by atoms with Crippen molar-refractivity contribution in [3.05, 3.63) is 35.6 Å². The lowest BCUT2D eigenvalue weighted by Crippen LogP contribution is -2.28. The third-order valence-electron chi connectivity index (χ3n) is 1.85. The Labute approximate surface area is 86.1 Å². The molecule has 0 aliphatic carbocycles. The van der Waals surface area contributed by atoms with Gasteiger partial charge in [0.05, 0.1) is 0 Å². The van der Waals surface area contributed by atoms with Crippen molar-refractivity contribution in [2.75, 3.05) is 0 Å². The number of rotatable bonds is 2. The summed E-state index contributed by atoms with van der Waals surface area (Å²) in [7, 11) is 0. The molecule has 0 amide bonds. The fourth-order valence-corrected chi connectivity index (χ4v) is 1.17. The van der Waals surface area contributed by atoms with Crippen LogP contribution in [0.2, 0.25) is 0 Å². The first-order valence-corrected chi connectivity index (χ1v) is 4.58. The maximum atomic E-state index is 12.5. The average molecular weight is 223 g/mol. The van der Waals surface area contributed by atoms with Crippen molar-refractivity contribution in [3.63, 3.8) is 0 Å². The highest BCUT2D eigenvalue weighted by Crippen LogP contribution is 2.30. The van der Waals surface area contributed by atoms with Crippen molar-refractivity contribution in [2.45, 2.75) is 17.4 Å². The van der Waals surface area contributed by atoms with Gasteiger partial charge in [-0.3, -0.25) is 0 Å². The summed E-state index contributed by atoms with van der Waals surface area (Å²) in [6.07, 6.45) is 0. The number of hydrogen-bond acceptors (Lipinski definition) is 1. The SMILES string of the molecule is C[C@@](O)(c1ccc(F)cc1)C(Cl)Cl. The van der Waals surface area contributed by atoms with E-state index < -0.39 is 10.4 Å². The molecule has 1 N–H and O–H groups in total. The second-order valence-electron chi connectivity index (χ2n) is 2.96. The van der Waals surface area contributed by atoms with E-state index >= 15 is 0 Å². The van der Waals surface area contributed by atoms with E-state index in [1.54, 1.807) is 0 Å². The van der Waals surface area contributed by atoms with Gasteiger partial charge >= 0.3 is 0 Å². The Morgan fingerprint density at radius 2 is 1.77 bits per heavy atom. The van der Waals surface area contributed by atoms with E-state index in [2.05, 4.69) is 0 Å². The molecule has 0 heterocycles. The summed E-state index contributed by atoms with van der Waals surface area (Å²) in [5.41, 5.74) is -0.861. The Kier molecular flexibility index (Phi) is 3.17. The second-order valence-corrected chi connectivity index (χ2v) is 4.05.